The Labute approximate surface area is 133 Å². The largest absolute Gasteiger partial charge is 1.00 e. The summed E-state index contributed by atoms with van der Waals surface area (Å²) in [6.45, 7) is -5.10. The van der Waals surface area contributed by atoms with Crippen LogP contribution in [0.15, 0.2) is 28.7 Å². The second-order valence-corrected chi connectivity index (χ2v) is 3.10. The van der Waals surface area contributed by atoms with Crippen molar-refractivity contribution in [2.75, 3.05) is 7.11 Å². The van der Waals surface area contributed by atoms with Gasteiger partial charge in [-0.2, -0.15) is 0 Å². The first-order valence-corrected chi connectivity index (χ1v) is 4.29. The van der Waals surface area contributed by atoms with Gasteiger partial charge < -0.3 is 22.1 Å². The number of fused-ring (bicyclic) bond motifs is 1. The number of benzene rings is 1. The van der Waals surface area contributed by atoms with Crippen molar-refractivity contribution in [2.24, 2.45) is 0 Å². The molecule has 0 atom stereocenters. The fourth-order valence-electron chi connectivity index (χ4n) is 1.38. The third-order valence-corrected chi connectivity index (χ3v) is 2.07. The minimum atomic E-state index is -5.10. The van der Waals surface area contributed by atoms with Gasteiger partial charge in [0.15, 0.2) is 11.3 Å². The monoisotopic (exact) mass is 254 g/mol. The molecule has 0 radical (unpaired) electrons. The summed E-state index contributed by atoms with van der Waals surface area (Å²) in [4.78, 5) is 0. The molecule has 1 aromatic carbocycles. The van der Waals surface area contributed by atoms with E-state index in [0.29, 0.717) is 11.1 Å². The molecule has 0 aliphatic heterocycles. The molecule has 0 bridgehead atoms. The average Bonchev–Trinajstić information content (AvgIpc) is 2.59. The fraction of sp³-hybridized carbons (Fsp3) is 0.111. The summed E-state index contributed by atoms with van der Waals surface area (Å²) in [5.41, 5.74) is -0.816. The number of hydrogen-bond donors (Lipinski definition) is 0. The average molecular weight is 254 g/mol. The molecule has 0 fully saturated rings. The van der Waals surface area contributed by atoms with E-state index < -0.39 is 12.6 Å². The van der Waals surface area contributed by atoms with Crippen LogP contribution >= 0.6 is 0 Å². The van der Waals surface area contributed by atoms with Crippen molar-refractivity contribution in [3.8, 4) is 5.75 Å². The first kappa shape index (κ1) is 14.1. The van der Waals surface area contributed by atoms with Gasteiger partial charge in [0, 0.05) is 11.0 Å². The molecule has 0 saturated carbocycles. The van der Waals surface area contributed by atoms with E-state index in [1.165, 1.54) is 7.11 Å². The number of rotatable bonds is 2. The smallest absolute Gasteiger partial charge is 0.493 e. The Morgan fingerprint density at radius 3 is 2.50 bits per heavy atom. The van der Waals surface area contributed by atoms with E-state index in [9.17, 15) is 12.9 Å². The molecule has 0 spiro atoms. The molecule has 2 rings (SSSR count). The Bertz CT molecular complexity index is 495. The Morgan fingerprint density at radius 1 is 1.25 bits per heavy atom. The van der Waals surface area contributed by atoms with Crippen LogP contribution < -0.4 is 61.8 Å². The second kappa shape index (κ2) is 5.14. The molecule has 1 aromatic heterocycles. The summed E-state index contributed by atoms with van der Waals surface area (Å²) in [5, 5.41) is 0.392. The molecule has 80 valence electrons. The maximum atomic E-state index is 12.4. The Balaban J connectivity index is 0.00000128. The third-order valence-electron chi connectivity index (χ3n) is 2.07. The number of ether oxygens (including phenoxy) is 1. The predicted octanol–water partition coefficient (Wildman–Crippen LogP) is -0.500. The maximum Gasteiger partial charge on any atom is 1.00 e. The zero-order valence-corrected chi connectivity index (χ0v) is 12.0. The van der Waals surface area contributed by atoms with Crippen molar-refractivity contribution in [2.45, 2.75) is 0 Å². The SMILES string of the molecule is COc1cccc2cc([B-](F)(F)F)oc12.[K+]. The van der Waals surface area contributed by atoms with Crippen molar-refractivity contribution in [1.82, 2.24) is 0 Å². The Morgan fingerprint density at radius 2 is 1.94 bits per heavy atom. The van der Waals surface area contributed by atoms with Gasteiger partial charge in [-0.05, 0) is 12.1 Å². The van der Waals surface area contributed by atoms with Gasteiger partial charge in [-0.15, -0.1) is 0 Å². The topological polar surface area (TPSA) is 22.4 Å². The zero-order chi connectivity index (χ0) is 11.1. The molecular formula is C9H7BF3KO2. The number of halogens is 3. The van der Waals surface area contributed by atoms with Crippen molar-refractivity contribution in [3.63, 3.8) is 0 Å². The van der Waals surface area contributed by atoms with Crippen molar-refractivity contribution in [1.29, 1.82) is 0 Å². The van der Waals surface area contributed by atoms with Gasteiger partial charge in [0.05, 0.1) is 7.11 Å². The van der Waals surface area contributed by atoms with Crippen LogP contribution in [0.25, 0.3) is 11.0 Å². The van der Waals surface area contributed by atoms with Gasteiger partial charge in [-0.1, -0.05) is 12.1 Å². The van der Waals surface area contributed by atoms with Gasteiger partial charge in [-0.3, -0.25) is 0 Å². The van der Waals surface area contributed by atoms with Gasteiger partial charge in [0.2, 0.25) is 0 Å². The Kier molecular flexibility index (Phi) is 4.53. The minimum Gasteiger partial charge on any atom is -0.493 e. The summed E-state index contributed by atoms with van der Waals surface area (Å²) in [6, 6.07) is 5.70. The quantitative estimate of drug-likeness (QED) is 0.674. The minimum absolute atomic E-state index is 0. The van der Waals surface area contributed by atoms with Gasteiger partial charge >= 0.3 is 58.4 Å². The van der Waals surface area contributed by atoms with Gasteiger partial charge in [0.25, 0.3) is 0 Å². The van der Waals surface area contributed by atoms with Crippen LogP contribution in [0.2, 0.25) is 0 Å². The van der Waals surface area contributed by atoms with Gasteiger partial charge in [-0.25, -0.2) is 0 Å². The van der Waals surface area contributed by atoms with Crippen LogP contribution in [0.1, 0.15) is 0 Å². The molecule has 0 aliphatic rings. The van der Waals surface area contributed by atoms with Crippen molar-refractivity contribution in [3.05, 3.63) is 24.3 Å². The number of hydrogen-bond acceptors (Lipinski definition) is 2. The summed E-state index contributed by atoms with van der Waals surface area (Å²) in [7, 11) is 1.38. The molecule has 0 saturated heterocycles. The standard InChI is InChI=1S/C9H7BF3O2.K/c1-14-7-4-2-3-6-5-8(10(11,12)13)15-9(6)7;/h2-5H,1H3;/q-1;+1. The predicted molar refractivity (Wildman–Crippen MR) is 51.5 cm³/mol. The van der Waals surface area contributed by atoms with E-state index in [2.05, 4.69) is 0 Å². The maximum absolute atomic E-state index is 12.4. The van der Waals surface area contributed by atoms with E-state index in [1.54, 1.807) is 18.2 Å². The molecular weight excluding hydrogens is 247 g/mol. The molecule has 1 heterocycles. The molecule has 7 heteroatoms. The summed E-state index contributed by atoms with van der Waals surface area (Å²) in [6.07, 6.45) is 0. The number of methoxy groups -OCH3 is 1. The van der Waals surface area contributed by atoms with Crippen LogP contribution in [-0.2, 0) is 0 Å². The van der Waals surface area contributed by atoms with Crippen molar-refractivity contribution < 1.29 is 73.5 Å². The van der Waals surface area contributed by atoms with Gasteiger partial charge in [0.1, 0.15) is 0 Å². The molecule has 0 amide bonds. The first-order valence-electron chi connectivity index (χ1n) is 4.29. The second-order valence-electron chi connectivity index (χ2n) is 3.10. The molecule has 2 nitrogen and oxygen atoms in total. The molecule has 2 aromatic rings. The van der Waals surface area contributed by atoms with Crippen LogP contribution in [0, 0.1) is 0 Å². The van der Waals surface area contributed by atoms with E-state index >= 15 is 0 Å². The summed E-state index contributed by atoms with van der Waals surface area (Å²) >= 11 is 0. The van der Waals surface area contributed by atoms with E-state index in [1.807, 2.05) is 0 Å². The van der Waals surface area contributed by atoms with E-state index in [0.717, 1.165) is 6.07 Å². The molecule has 0 aliphatic carbocycles. The van der Waals surface area contributed by atoms with E-state index in [4.69, 9.17) is 9.15 Å². The molecule has 0 N–H and O–H groups in total. The molecule has 0 unspecified atom stereocenters. The zero-order valence-electron chi connectivity index (χ0n) is 8.84. The number of para-hydroxylation sites is 1. The molecule has 16 heavy (non-hydrogen) atoms. The Hall–Kier alpha value is 0.0513. The van der Waals surface area contributed by atoms with Crippen LogP contribution in [-0.4, -0.2) is 14.1 Å². The summed E-state index contributed by atoms with van der Waals surface area (Å²) < 4.78 is 46.8. The van der Waals surface area contributed by atoms with Crippen molar-refractivity contribution >= 4 is 23.6 Å². The first-order chi connectivity index (χ1) is 7.02. The van der Waals surface area contributed by atoms with Crippen LogP contribution in [0.4, 0.5) is 12.9 Å². The number of furan rings is 1. The summed E-state index contributed by atoms with van der Waals surface area (Å²) in [5.74, 6) is 0.304. The van der Waals surface area contributed by atoms with E-state index in [-0.39, 0.29) is 57.0 Å². The third kappa shape index (κ3) is 2.65. The van der Waals surface area contributed by atoms with Crippen LogP contribution in [0.3, 0.4) is 0 Å². The normalized spacial score (nSPS) is 11.2. The fourth-order valence-corrected chi connectivity index (χ4v) is 1.38. The van der Waals surface area contributed by atoms with Crippen LogP contribution in [0.5, 0.6) is 5.75 Å².